The topological polar surface area (TPSA) is 35.6 Å². The number of amides is 2. The number of nitrogens with one attached hydrogen (secondary N) is 1. The van der Waals surface area contributed by atoms with E-state index in [1.54, 1.807) is 0 Å². The van der Waals surface area contributed by atoms with Crippen molar-refractivity contribution in [3.8, 4) is 0 Å². The van der Waals surface area contributed by atoms with Crippen LogP contribution in [-0.4, -0.2) is 42.0 Å². The summed E-state index contributed by atoms with van der Waals surface area (Å²) in [6.45, 7) is 5.09. The summed E-state index contributed by atoms with van der Waals surface area (Å²) in [5.41, 5.74) is 1.98. The van der Waals surface area contributed by atoms with Crippen LogP contribution in [0.25, 0.3) is 0 Å². The molecule has 0 atom stereocenters. The third-order valence-corrected chi connectivity index (χ3v) is 6.58. The molecular weight excluding hydrogens is 298 g/mol. The highest BCUT2D eigenvalue weighted by molar-refractivity contribution is 5.82. The third kappa shape index (κ3) is 2.05. The average molecular weight is 325 g/mol. The molecule has 0 unspecified atom stereocenters. The molecule has 1 spiro atoms. The van der Waals surface area contributed by atoms with Crippen molar-refractivity contribution in [3.05, 3.63) is 48.2 Å². The summed E-state index contributed by atoms with van der Waals surface area (Å²) < 4.78 is 0. The fourth-order valence-electron chi connectivity index (χ4n) is 4.71. The molecule has 0 radical (unpaired) electrons. The highest BCUT2D eigenvalue weighted by atomic mass is 16.2. The first kappa shape index (κ1) is 15.7. The van der Waals surface area contributed by atoms with Crippen LogP contribution in [0.15, 0.2) is 42.6 Å². The van der Waals surface area contributed by atoms with E-state index in [0.29, 0.717) is 5.92 Å². The number of hydrogen-bond donors (Lipinski definition) is 1. The van der Waals surface area contributed by atoms with Gasteiger partial charge in [-0.3, -0.25) is 4.90 Å². The Balaban J connectivity index is 1.64. The van der Waals surface area contributed by atoms with Gasteiger partial charge in [-0.15, -0.1) is 0 Å². The van der Waals surface area contributed by atoms with Crippen molar-refractivity contribution in [1.82, 2.24) is 15.1 Å². The molecule has 4 nitrogen and oxygen atoms in total. The average Bonchev–Trinajstić information content (AvgIpc) is 2.71. The van der Waals surface area contributed by atoms with Crippen LogP contribution in [0.2, 0.25) is 0 Å². The minimum absolute atomic E-state index is 0.0195. The predicted octanol–water partition coefficient (Wildman–Crippen LogP) is 3.32. The van der Waals surface area contributed by atoms with Crippen LogP contribution in [0.1, 0.15) is 37.7 Å². The van der Waals surface area contributed by atoms with Gasteiger partial charge in [-0.05, 0) is 51.3 Å². The standard InChI is InChI=1S/C20H27N3O/c1-15-19(23(18(24)21-15)12-16-8-7-9-16)13-20(14-19,22(2)3)17-10-5-4-6-11-17/h4-6,10-11,16H,1,7-9,12-14H2,2-3H3,(H,21,24). The molecule has 2 aliphatic carbocycles. The van der Waals surface area contributed by atoms with E-state index in [1.807, 2.05) is 0 Å². The van der Waals surface area contributed by atoms with Gasteiger partial charge in [0.1, 0.15) is 0 Å². The van der Waals surface area contributed by atoms with Gasteiger partial charge in [0.05, 0.1) is 11.1 Å². The Hall–Kier alpha value is -1.81. The molecule has 3 aliphatic rings. The second-order valence-corrected chi connectivity index (χ2v) is 7.99. The van der Waals surface area contributed by atoms with Gasteiger partial charge < -0.3 is 10.2 Å². The molecule has 1 aromatic carbocycles. The van der Waals surface area contributed by atoms with Crippen molar-refractivity contribution >= 4 is 6.03 Å². The molecule has 1 N–H and O–H groups in total. The van der Waals surface area contributed by atoms with Crippen molar-refractivity contribution < 1.29 is 4.79 Å². The van der Waals surface area contributed by atoms with Gasteiger partial charge in [-0.25, -0.2) is 4.79 Å². The van der Waals surface area contributed by atoms with Gasteiger partial charge in [0.2, 0.25) is 0 Å². The van der Waals surface area contributed by atoms with Crippen LogP contribution in [0.5, 0.6) is 0 Å². The van der Waals surface area contributed by atoms with Gasteiger partial charge >= 0.3 is 6.03 Å². The molecule has 4 heteroatoms. The predicted molar refractivity (Wildman–Crippen MR) is 95.5 cm³/mol. The molecule has 2 amide bonds. The SMILES string of the molecule is C=C1NC(=O)N(CC2CCC2)C12CC(c1ccccc1)(N(C)C)C2. The Labute approximate surface area is 144 Å². The zero-order valence-corrected chi connectivity index (χ0v) is 14.7. The molecule has 3 fully saturated rings. The van der Waals surface area contributed by atoms with Crippen LogP contribution < -0.4 is 5.32 Å². The number of nitrogens with zero attached hydrogens (tertiary/aromatic N) is 2. The fraction of sp³-hybridized carbons (Fsp3) is 0.550. The summed E-state index contributed by atoms with van der Waals surface area (Å²) in [4.78, 5) is 16.9. The van der Waals surface area contributed by atoms with Gasteiger partial charge in [-0.1, -0.05) is 43.3 Å². The van der Waals surface area contributed by atoms with Crippen LogP contribution in [0.4, 0.5) is 4.79 Å². The van der Waals surface area contributed by atoms with E-state index in [9.17, 15) is 4.79 Å². The maximum atomic E-state index is 12.5. The van der Waals surface area contributed by atoms with Gasteiger partial charge in [-0.2, -0.15) is 0 Å². The zero-order valence-electron chi connectivity index (χ0n) is 14.7. The molecular formula is C20H27N3O. The highest BCUT2D eigenvalue weighted by Gasteiger charge is 2.64. The summed E-state index contributed by atoms with van der Waals surface area (Å²) in [5, 5.41) is 3.02. The largest absolute Gasteiger partial charge is 0.322 e. The van der Waals surface area contributed by atoms with E-state index in [2.05, 4.69) is 66.1 Å². The Morgan fingerprint density at radius 2 is 1.92 bits per heavy atom. The van der Waals surface area contributed by atoms with Gasteiger partial charge in [0, 0.05) is 12.2 Å². The molecule has 24 heavy (non-hydrogen) atoms. The summed E-state index contributed by atoms with van der Waals surface area (Å²) >= 11 is 0. The molecule has 1 aliphatic heterocycles. The van der Waals surface area contributed by atoms with Crippen LogP contribution in [0.3, 0.4) is 0 Å². The van der Waals surface area contributed by atoms with E-state index in [-0.39, 0.29) is 17.1 Å². The smallest absolute Gasteiger partial charge is 0.313 e. The molecule has 1 heterocycles. The monoisotopic (exact) mass is 325 g/mol. The van der Waals surface area contributed by atoms with Crippen molar-refractivity contribution in [3.63, 3.8) is 0 Å². The maximum Gasteiger partial charge on any atom is 0.322 e. The van der Waals surface area contributed by atoms with Crippen molar-refractivity contribution in [2.45, 2.75) is 43.2 Å². The maximum absolute atomic E-state index is 12.5. The summed E-state index contributed by atoms with van der Waals surface area (Å²) in [6.07, 6.45) is 5.65. The second kappa shape index (κ2) is 5.35. The summed E-state index contributed by atoms with van der Waals surface area (Å²) in [7, 11) is 4.28. The number of carbonyl (C=O) groups excluding carboxylic acids is 1. The number of urea groups is 1. The molecule has 0 bridgehead atoms. The first-order chi connectivity index (χ1) is 11.5. The quantitative estimate of drug-likeness (QED) is 0.922. The fourth-order valence-corrected chi connectivity index (χ4v) is 4.71. The number of benzene rings is 1. The Kier molecular flexibility index (Phi) is 3.50. The second-order valence-electron chi connectivity index (χ2n) is 7.99. The Morgan fingerprint density at radius 1 is 1.25 bits per heavy atom. The van der Waals surface area contributed by atoms with E-state index < -0.39 is 0 Å². The highest BCUT2D eigenvalue weighted by Crippen LogP contribution is 2.58. The van der Waals surface area contributed by atoms with Crippen LogP contribution >= 0.6 is 0 Å². The molecule has 2 saturated carbocycles. The lowest BCUT2D eigenvalue weighted by atomic mass is 9.57. The van der Waals surface area contributed by atoms with E-state index in [0.717, 1.165) is 25.1 Å². The molecule has 1 saturated heterocycles. The van der Waals surface area contributed by atoms with Crippen LogP contribution in [0, 0.1) is 5.92 Å². The van der Waals surface area contributed by atoms with Crippen LogP contribution in [-0.2, 0) is 5.54 Å². The van der Waals surface area contributed by atoms with Gasteiger partial charge in [0.25, 0.3) is 0 Å². The van der Waals surface area contributed by atoms with Crippen molar-refractivity contribution in [1.29, 1.82) is 0 Å². The summed E-state index contributed by atoms with van der Waals surface area (Å²) in [5.74, 6) is 0.671. The Bertz CT molecular complexity index is 657. The Morgan fingerprint density at radius 3 is 2.46 bits per heavy atom. The van der Waals surface area contributed by atoms with E-state index in [1.165, 1.54) is 24.8 Å². The van der Waals surface area contributed by atoms with E-state index in [4.69, 9.17) is 0 Å². The van der Waals surface area contributed by atoms with E-state index >= 15 is 0 Å². The lowest BCUT2D eigenvalue weighted by Crippen LogP contribution is -2.67. The molecule has 128 valence electrons. The van der Waals surface area contributed by atoms with Gasteiger partial charge in [0.15, 0.2) is 0 Å². The normalized spacial score (nSPS) is 32.9. The number of carbonyl (C=O) groups is 1. The lowest BCUT2D eigenvalue weighted by molar-refractivity contribution is -0.0610. The zero-order chi connectivity index (χ0) is 16.9. The number of hydrogen-bond acceptors (Lipinski definition) is 2. The lowest BCUT2D eigenvalue weighted by Gasteiger charge is -2.61. The first-order valence-corrected chi connectivity index (χ1v) is 8.99. The molecule has 0 aromatic heterocycles. The minimum Gasteiger partial charge on any atom is -0.313 e. The first-order valence-electron chi connectivity index (χ1n) is 8.99. The molecule has 4 rings (SSSR count). The van der Waals surface area contributed by atoms with Crippen molar-refractivity contribution in [2.75, 3.05) is 20.6 Å². The van der Waals surface area contributed by atoms with Crippen molar-refractivity contribution in [2.24, 2.45) is 5.92 Å². The minimum atomic E-state index is -0.215. The molecule has 1 aromatic rings. The summed E-state index contributed by atoms with van der Waals surface area (Å²) in [6, 6.07) is 10.7. The number of rotatable bonds is 4. The third-order valence-electron chi connectivity index (χ3n) is 6.58.